The van der Waals surface area contributed by atoms with E-state index >= 15 is 0 Å². The molecule has 0 fully saturated rings. The van der Waals surface area contributed by atoms with Crippen LogP contribution in [0.2, 0.25) is 0 Å². The molecule has 0 bridgehead atoms. The summed E-state index contributed by atoms with van der Waals surface area (Å²) in [6.07, 6.45) is 0. The van der Waals surface area contributed by atoms with Gasteiger partial charge in [0.25, 0.3) is 0 Å². The molecule has 16 heavy (non-hydrogen) atoms. The SMILES string of the molecule is Oc1ccccc1[C@@H]1Nc2ccccc2S1. The number of thioether (sulfide) groups is 1. The van der Waals surface area contributed by atoms with E-state index in [1.165, 1.54) is 4.90 Å². The Bertz CT molecular complexity index is 502. The van der Waals surface area contributed by atoms with Gasteiger partial charge in [0.2, 0.25) is 0 Å². The van der Waals surface area contributed by atoms with Crippen molar-refractivity contribution in [3.63, 3.8) is 0 Å². The maximum atomic E-state index is 9.80. The van der Waals surface area contributed by atoms with Gasteiger partial charge in [-0.15, -0.1) is 0 Å². The summed E-state index contributed by atoms with van der Waals surface area (Å²) in [5.41, 5.74) is 2.07. The highest BCUT2D eigenvalue weighted by Crippen LogP contribution is 2.47. The molecule has 0 unspecified atom stereocenters. The molecule has 2 N–H and O–H groups in total. The fourth-order valence-corrected chi connectivity index (χ4v) is 3.01. The van der Waals surface area contributed by atoms with Crippen molar-refractivity contribution in [3.8, 4) is 5.75 Å². The Labute approximate surface area is 98.3 Å². The van der Waals surface area contributed by atoms with Crippen LogP contribution in [-0.2, 0) is 0 Å². The molecule has 2 aromatic carbocycles. The minimum atomic E-state index is 0.110. The monoisotopic (exact) mass is 229 g/mol. The van der Waals surface area contributed by atoms with Crippen LogP contribution < -0.4 is 5.32 Å². The molecule has 1 aliphatic rings. The lowest BCUT2D eigenvalue weighted by atomic mass is 10.2. The van der Waals surface area contributed by atoms with Gasteiger partial charge in [-0.3, -0.25) is 0 Å². The van der Waals surface area contributed by atoms with E-state index < -0.39 is 0 Å². The third-order valence-electron chi connectivity index (χ3n) is 2.64. The molecule has 0 saturated carbocycles. The molecular weight excluding hydrogens is 218 g/mol. The minimum absolute atomic E-state index is 0.110. The Kier molecular flexibility index (Phi) is 2.26. The Morgan fingerprint density at radius 3 is 2.56 bits per heavy atom. The van der Waals surface area contributed by atoms with Gasteiger partial charge in [0, 0.05) is 16.1 Å². The topological polar surface area (TPSA) is 32.3 Å². The zero-order chi connectivity index (χ0) is 11.0. The molecule has 1 aliphatic heterocycles. The van der Waals surface area contributed by atoms with Crippen molar-refractivity contribution in [2.45, 2.75) is 10.3 Å². The number of anilines is 1. The van der Waals surface area contributed by atoms with Crippen molar-refractivity contribution >= 4 is 17.4 Å². The molecule has 0 aromatic heterocycles. The van der Waals surface area contributed by atoms with Gasteiger partial charge in [-0.1, -0.05) is 42.1 Å². The molecule has 3 rings (SSSR count). The number of nitrogens with one attached hydrogen (secondary N) is 1. The van der Waals surface area contributed by atoms with Gasteiger partial charge in [0.15, 0.2) is 0 Å². The Hall–Kier alpha value is -1.61. The first kappa shape index (κ1) is 9.60. The Balaban J connectivity index is 1.95. The van der Waals surface area contributed by atoms with Crippen LogP contribution in [0.15, 0.2) is 53.4 Å². The van der Waals surface area contributed by atoms with Crippen LogP contribution in [0.25, 0.3) is 0 Å². The molecule has 0 radical (unpaired) electrons. The number of phenolic OH excluding ortho intramolecular Hbond substituents is 1. The van der Waals surface area contributed by atoms with E-state index in [1.54, 1.807) is 17.8 Å². The largest absolute Gasteiger partial charge is 0.508 e. The van der Waals surface area contributed by atoms with Gasteiger partial charge >= 0.3 is 0 Å². The lowest BCUT2D eigenvalue weighted by molar-refractivity contribution is 0.469. The minimum Gasteiger partial charge on any atom is -0.508 e. The lowest BCUT2D eigenvalue weighted by Crippen LogP contribution is -2.00. The molecule has 1 atom stereocenters. The van der Waals surface area contributed by atoms with E-state index in [0.717, 1.165) is 11.3 Å². The predicted molar refractivity (Wildman–Crippen MR) is 66.8 cm³/mol. The fourth-order valence-electron chi connectivity index (χ4n) is 1.84. The average molecular weight is 229 g/mol. The smallest absolute Gasteiger partial charge is 0.121 e. The summed E-state index contributed by atoms with van der Waals surface area (Å²) in [7, 11) is 0. The van der Waals surface area contributed by atoms with E-state index in [1.807, 2.05) is 30.3 Å². The molecule has 2 nitrogen and oxygen atoms in total. The van der Waals surface area contributed by atoms with Crippen molar-refractivity contribution in [2.75, 3.05) is 5.32 Å². The molecule has 0 saturated heterocycles. The standard InChI is InChI=1S/C13H11NOS/c15-11-7-3-1-5-9(11)13-14-10-6-2-4-8-12(10)16-13/h1-8,13-15H/t13-/m1/s1. The lowest BCUT2D eigenvalue weighted by Gasteiger charge is -2.11. The predicted octanol–water partition coefficient (Wildman–Crippen LogP) is 3.61. The van der Waals surface area contributed by atoms with Gasteiger partial charge < -0.3 is 10.4 Å². The zero-order valence-electron chi connectivity index (χ0n) is 8.55. The van der Waals surface area contributed by atoms with Gasteiger partial charge in [-0.2, -0.15) is 0 Å². The number of para-hydroxylation sites is 2. The molecule has 0 aliphatic carbocycles. The van der Waals surface area contributed by atoms with Crippen molar-refractivity contribution in [2.24, 2.45) is 0 Å². The third-order valence-corrected chi connectivity index (χ3v) is 3.86. The second-order valence-electron chi connectivity index (χ2n) is 3.70. The van der Waals surface area contributed by atoms with Crippen molar-refractivity contribution in [1.29, 1.82) is 0 Å². The van der Waals surface area contributed by atoms with E-state index in [9.17, 15) is 5.11 Å². The Morgan fingerprint density at radius 1 is 1.00 bits per heavy atom. The van der Waals surface area contributed by atoms with Crippen LogP contribution in [0.3, 0.4) is 0 Å². The van der Waals surface area contributed by atoms with E-state index in [-0.39, 0.29) is 5.37 Å². The van der Waals surface area contributed by atoms with Gasteiger partial charge in [0.1, 0.15) is 11.1 Å². The quantitative estimate of drug-likeness (QED) is 0.783. The highest BCUT2D eigenvalue weighted by Gasteiger charge is 2.23. The zero-order valence-corrected chi connectivity index (χ0v) is 9.37. The number of hydrogen-bond acceptors (Lipinski definition) is 3. The summed E-state index contributed by atoms with van der Waals surface area (Å²) >= 11 is 1.73. The first-order valence-corrected chi connectivity index (χ1v) is 6.03. The van der Waals surface area contributed by atoms with Gasteiger partial charge in [-0.05, 0) is 18.2 Å². The number of fused-ring (bicyclic) bond motifs is 1. The number of rotatable bonds is 1. The highest BCUT2D eigenvalue weighted by atomic mass is 32.2. The second-order valence-corrected chi connectivity index (χ2v) is 4.84. The highest BCUT2D eigenvalue weighted by molar-refractivity contribution is 8.00. The molecule has 3 heteroatoms. The van der Waals surface area contributed by atoms with E-state index in [2.05, 4.69) is 17.4 Å². The van der Waals surface area contributed by atoms with Crippen LogP contribution in [0.4, 0.5) is 5.69 Å². The number of aromatic hydroxyl groups is 1. The molecule has 80 valence electrons. The summed E-state index contributed by atoms with van der Waals surface area (Å²) < 4.78 is 0. The molecule has 2 aromatic rings. The van der Waals surface area contributed by atoms with E-state index in [4.69, 9.17) is 0 Å². The summed E-state index contributed by atoms with van der Waals surface area (Å²) in [4.78, 5) is 1.23. The summed E-state index contributed by atoms with van der Waals surface area (Å²) in [5, 5.41) is 13.3. The Morgan fingerprint density at radius 2 is 1.75 bits per heavy atom. The summed E-state index contributed by atoms with van der Waals surface area (Å²) in [6.45, 7) is 0. The summed E-state index contributed by atoms with van der Waals surface area (Å²) in [6, 6.07) is 15.6. The van der Waals surface area contributed by atoms with Crippen LogP contribution in [-0.4, -0.2) is 5.11 Å². The fraction of sp³-hybridized carbons (Fsp3) is 0.0769. The normalized spacial score (nSPS) is 17.9. The first-order chi connectivity index (χ1) is 7.84. The van der Waals surface area contributed by atoms with Gasteiger partial charge in [-0.25, -0.2) is 0 Å². The number of phenols is 1. The van der Waals surface area contributed by atoms with Crippen LogP contribution >= 0.6 is 11.8 Å². The molecule has 0 spiro atoms. The van der Waals surface area contributed by atoms with Crippen LogP contribution in [0.5, 0.6) is 5.75 Å². The first-order valence-electron chi connectivity index (χ1n) is 5.15. The van der Waals surface area contributed by atoms with E-state index in [0.29, 0.717) is 5.75 Å². The van der Waals surface area contributed by atoms with Crippen LogP contribution in [0, 0.1) is 0 Å². The molecule has 1 heterocycles. The molecular formula is C13H11NOS. The maximum absolute atomic E-state index is 9.80. The van der Waals surface area contributed by atoms with Gasteiger partial charge in [0.05, 0.1) is 0 Å². The van der Waals surface area contributed by atoms with Crippen LogP contribution in [0.1, 0.15) is 10.9 Å². The average Bonchev–Trinajstić information content (AvgIpc) is 2.73. The number of hydrogen-bond donors (Lipinski definition) is 2. The van der Waals surface area contributed by atoms with Crippen molar-refractivity contribution < 1.29 is 5.11 Å². The third kappa shape index (κ3) is 1.53. The number of benzene rings is 2. The second kappa shape index (κ2) is 3.76. The van der Waals surface area contributed by atoms with Crippen molar-refractivity contribution in [1.82, 2.24) is 0 Å². The summed E-state index contributed by atoms with van der Waals surface area (Å²) in [5.74, 6) is 0.348. The molecule has 0 amide bonds. The van der Waals surface area contributed by atoms with Crippen molar-refractivity contribution in [3.05, 3.63) is 54.1 Å². The maximum Gasteiger partial charge on any atom is 0.121 e.